The van der Waals surface area contributed by atoms with Crippen LogP contribution in [0.15, 0.2) is 24.3 Å². The molecule has 2 aliphatic heterocycles. The predicted octanol–water partition coefficient (Wildman–Crippen LogP) is 2.96. The normalized spacial score (nSPS) is 22.1. The minimum atomic E-state index is -2.81. The summed E-state index contributed by atoms with van der Waals surface area (Å²) in [6, 6.07) is 6.12. The van der Waals surface area contributed by atoms with Crippen molar-refractivity contribution in [3.05, 3.63) is 29.8 Å². The van der Waals surface area contributed by atoms with Crippen LogP contribution in [0, 0.1) is 11.8 Å². The SMILES string of the molecule is C[C@H](CCOc1ccc([C@H](N)C(=O)N2CCC(F)(F)C2)cc1)C1CCNCC1. The molecule has 1 aromatic carbocycles. The molecular formula is C21H31F2N3O2. The lowest BCUT2D eigenvalue weighted by Gasteiger charge is -2.28. The van der Waals surface area contributed by atoms with Crippen LogP contribution in [0.2, 0.25) is 0 Å². The monoisotopic (exact) mass is 395 g/mol. The van der Waals surface area contributed by atoms with Crippen LogP contribution in [-0.2, 0) is 4.79 Å². The van der Waals surface area contributed by atoms with Gasteiger partial charge < -0.3 is 20.7 Å². The first-order valence-corrected chi connectivity index (χ1v) is 10.2. The molecule has 3 rings (SSSR count). The Morgan fingerprint density at radius 2 is 2.00 bits per heavy atom. The van der Waals surface area contributed by atoms with Gasteiger partial charge in [-0.25, -0.2) is 8.78 Å². The van der Waals surface area contributed by atoms with Gasteiger partial charge in [-0.05, 0) is 61.9 Å². The van der Waals surface area contributed by atoms with Crippen LogP contribution in [0.1, 0.15) is 44.2 Å². The van der Waals surface area contributed by atoms with Crippen molar-refractivity contribution in [1.29, 1.82) is 0 Å². The highest BCUT2D eigenvalue weighted by Crippen LogP contribution is 2.29. The number of carbonyl (C=O) groups is 1. The number of benzene rings is 1. The lowest BCUT2D eigenvalue weighted by Crippen LogP contribution is -2.38. The van der Waals surface area contributed by atoms with Crippen LogP contribution in [0.25, 0.3) is 0 Å². The quantitative estimate of drug-likeness (QED) is 0.745. The average Bonchev–Trinajstić information content (AvgIpc) is 3.07. The highest BCUT2D eigenvalue weighted by Gasteiger charge is 2.41. The lowest BCUT2D eigenvalue weighted by atomic mass is 9.84. The summed E-state index contributed by atoms with van der Waals surface area (Å²) in [5, 5.41) is 3.39. The number of halogens is 2. The highest BCUT2D eigenvalue weighted by atomic mass is 19.3. The summed E-state index contributed by atoms with van der Waals surface area (Å²) in [5.41, 5.74) is 6.60. The van der Waals surface area contributed by atoms with E-state index in [2.05, 4.69) is 12.2 Å². The van der Waals surface area contributed by atoms with Crippen molar-refractivity contribution in [2.24, 2.45) is 17.6 Å². The molecule has 0 saturated carbocycles. The number of rotatable bonds is 7. The Hall–Kier alpha value is -1.73. The maximum Gasteiger partial charge on any atom is 0.267 e. The number of carbonyl (C=O) groups excluding carboxylic acids is 1. The summed E-state index contributed by atoms with van der Waals surface area (Å²) in [7, 11) is 0. The molecular weight excluding hydrogens is 364 g/mol. The van der Waals surface area contributed by atoms with Gasteiger partial charge in [-0.1, -0.05) is 19.1 Å². The lowest BCUT2D eigenvalue weighted by molar-refractivity contribution is -0.133. The molecule has 28 heavy (non-hydrogen) atoms. The van der Waals surface area contributed by atoms with E-state index in [0.717, 1.165) is 36.1 Å². The first-order valence-electron chi connectivity index (χ1n) is 10.2. The number of hydrogen-bond acceptors (Lipinski definition) is 4. The van der Waals surface area contributed by atoms with Crippen molar-refractivity contribution in [3.8, 4) is 5.75 Å². The largest absolute Gasteiger partial charge is 0.494 e. The second-order valence-corrected chi connectivity index (χ2v) is 8.11. The van der Waals surface area contributed by atoms with E-state index in [9.17, 15) is 13.6 Å². The summed E-state index contributed by atoms with van der Waals surface area (Å²) >= 11 is 0. The van der Waals surface area contributed by atoms with Crippen molar-refractivity contribution in [2.45, 2.75) is 44.6 Å². The van der Waals surface area contributed by atoms with Crippen LogP contribution in [0.3, 0.4) is 0 Å². The van der Waals surface area contributed by atoms with Crippen LogP contribution < -0.4 is 15.8 Å². The summed E-state index contributed by atoms with van der Waals surface area (Å²) in [5.74, 6) is -1.14. The molecule has 2 saturated heterocycles. The number of piperidine rings is 1. The number of hydrogen-bond donors (Lipinski definition) is 2. The Kier molecular flexibility index (Phi) is 6.88. The highest BCUT2D eigenvalue weighted by molar-refractivity contribution is 5.83. The van der Waals surface area contributed by atoms with E-state index < -0.39 is 24.4 Å². The Bertz CT molecular complexity index is 648. The third kappa shape index (κ3) is 5.41. The molecule has 1 amide bonds. The van der Waals surface area contributed by atoms with Crippen molar-refractivity contribution in [2.75, 3.05) is 32.8 Å². The van der Waals surface area contributed by atoms with Gasteiger partial charge in [0.25, 0.3) is 5.92 Å². The molecule has 1 aromatic rings. The van der Waals surface area contributed by atoms with E-state index in [1.807, 2.05) is 0 Å². The average molecular weight is 395 g/mol. The van der Waals surface area contributed by atoms with Crippen molar-refractivity contribution >= 4 is 5.91 Å². The maximum absolute atomic E-state index is 13.3. The molecule has 0 aliphatic carbocycles. The smallest absolute Gasteiger partial charge is 0.267 e. The minimum absolute atomic E-state index is 0.0516. The fraction of sp³-hybridized carbons (Fsp3) is 0.667. The Labute approximate surface area is 165 Å². The number of nitrogens with one attached hydrogen (secondary N) is 1. The van der Waals surface area contributed by atoms with E-state index in [-0.39, 0.29) is 13.0 Å². The van der Waals surface area contributed by atoms with Crippen LogP contribution in [-0.4, -0.2) is 49.5 Å². The van der Waals surface area contributed by atoms with E-state index in [1.165, 1.54) is 12.8 Å². The van der Waals surface area contributed by atoms with Gasteiger partial charge in [-0.2, -0.15) is 0 Å². The topological polar surface area (TPSA) is 67.6 Å². The third-order valence-corrected chi connectivity index (χ3v) is 6.02. The molecule has 7 heteroatoms. The molecule has 0 aromatic heterocycles. The van der Waals surface area contributed by atoms with Gasteiger partial charge in [0, 0.05) is 13.0 Å². The molecule has 2 atom stereocenters. The maximum atomic E-state index is 13.3. The van der Waals surface area contributed by atoms with Gasteiger partial charge in [0.05, 0.1) is 13.2 Å². The van der Waals surface area contributed by atoms with Gasteiger partial charge in [0.15, 0.2) is 0 Å². The zero-order valence-electron chi connectivity index (χ0n) is 16.5. The summed E-state index contributed by atoms with van der Waals surface area (Å²) < 4.78 is 32.5. The van der Waals surface area contributed by atoms with Crippen LogP contribution in [0.5, 0.6) is 5.75 Å². The van der Waals surface area contributed by atoms with Crippen molar-refractivity contribution in [3.63, 3.8) is 0 Å². The minimum Gasteiger partial charge on any atom is -0.494 e. The van der Waals surface area contributed by atoms with Crippen LogP contribution >= 0.6 is 0 Å². The summed E-state index contributed by atoms with van der Waals surface area (Å²) in [6.45, 7) is 4.65. The number of nitrogens with two attached hydrogens (primary N) is 1. The molecule has 2 aliphatic rings. The van der Waals surface area contributed by atoms with E-state index in [1.54, 1.807) is 24.3 Å². The number of ether oxygens (including phenoxy) is 1. The van der Waals surface area contributed by atoms with Gasteiger partial charge in [0.1, 0.15) is 11.8 Å². The number of likely N-dealkylation sites (tertiary alicyclic amines) is 1. The standard InChI is InChI=1S/C21H31F2N3O2/c1-15(16-6-10-25-11-7-16)8-13-28-18-4-2-17(3-5-18)19(24)20(27)26-12-9-21(22,23)14-26/h2-5,15-16,19,25H,6-14,24H2,1H3/t15-,19+/m1/s1. The van der Waals surface area contributed by atoms with Gasteiger partial charge in [0.2, 0.25) is 5.91 Å². The second-order valence-electron chi connectivity index (χ2n) is 8.11. The molecule has 0 spiro atoms. The Morgan fingerprint density at radius 1 is 1.32 bits per heavy atom. The first-order chi connectivity index (χ1) is 13.4. The summed E-state index contributed by atoms with van der Waals surface area (Å²) in [4.78, 5) is 13.5. The molecule has 156 valence electrons. The van der Waals surface area contributed by atoms with Crippen LogP contribution in [0.4, 0.5) is 8.78 Å². The van der Waals surface area contributed by atoms with E-state index in [4.69, 9.17) is 10.5 Å². The van der Waals surface area contributed by atoms with Gasteiger partial charge in [-0.3, -0.25) is 4.79 Å². The summed E-state index contributed by atoms with van der Waals surface area (Å²) in [6.07, 6.45) is 3.16. The Balaban J connectivity index is 1.45. The first kappa shape index (κ1) is 21.0. The fourth-order valence-electron chi connectivity index (χ4n) is 4.05. The van der Waals surface area contributed by atoms with Crippen molar-refractivity contribution < 1.29 is 18.3 Å². The molecule has 2 fully saturated rings. The zero-order chi connectivity index (χ0) is 20.1. The molecule has 3 N–H and O–H groups in total. The molecule has 0 radical (unpaired) electrons. The molecule has 2 heterocycles. The Morgan fingerprint density at radius 3 is 2.61 bits per heavy atom. The van der Waals surface area contributed by atoms with Gasteiger partial charge >= 0.3 is 0 Å². The molecule has 0 unspecified atom stereocenters. The molecule has 5 nitrogen and oxygen atoms in total. The molecule has 0 bridgehead atoms. The van der Waals surface area contributed by atoms with E-state index in [0.29, 0.717) is 18.1 Å². The number of nitrogens with zero attached hydrogens (tertiary/aromatic N) is 1. The second kappa shape index (κ2) is 9.18. The number of amides is 1. The van der Waals surface area contributed by atoms with Gasteiger partial charge in [-0.15, -0.1) is 0 Å². The number of alkyl halides is 2. The predicted molar refractivity (Wildman–Crippen MR) is 104 cm³/mol. The fourth-order valence-corrected chi connectivity index (χ4v) is 4.05. The van der Waals surface area contributed by atoms with E-state index >= 15 is 0 Å². The van der Waals surface area contributed by atoms with Crippen molar-refractivity contribution in [1.82, 2.24) is 10.2 Å². The third-order valence-electron chi connectivity index (χ3n) is 6.02. The zero-order valence-corrected chi connectivity index (χ0v) is 16.5.